The van der Waals surface area contributed by atoms with Crippen molar-refractivity contribution in [3.63, 3.8) is 0 Å². The number of aromatic nitrogens is 4. The Morgan fingerprint density at radius 1 is 1.14 bits per heavy atom. The Bertz CT molecular complexity index is 827. The van der Waals surface area contributed by atoms with Gasteiger partial charge in [0.15, 0.2) is 0 Å². The molecule has 5 heteroatoms. The number of fused-ring (bicyclic) bond motifs is 2. The summed E-state index contributed by atoms with van der Waals surface area (Å²) >= 11 is 0. The summed E-state index contributed by atoms with van der Waals surface area (Å²) < 4.78 is 2.35. The molecule has 3 heterocycles. The summed E-state index contributed by atoms with van der Waals surface area (Å²) in [6, 6.07) is 8.51. The molecule has 0 unspecified atom stereocenters. The van der Waals surface area contributed by atoms with Crippen LogP contribution < -0.4 is 0 Å². The number of para-hydroxylation sites is 1. The Morgan fingerprint density at radius 3 is 2.95 bits per heavy atom. The van der Waals surface area contributed by atoms with Crippen molar-refractivity contribution in [2.75, 3.05) is 6.54 Å². The third-order valence-electron chi connectivity index (χ3n) is 4.87. The van der Waals surface area contributed by atoms with Crippen molar-refractivity contribution in [2.45, 2.75) is 38.4 Å². The molecule has 1 N–H and O–H groups in total. The Morgan fingerprint density at radius 2 is 2.05 bits per heavy atom. The molecule has 1 fully saturated rings. The third-order valence-corrected chi connectivity index (χ3v) is 4.87. The molecule has 1 aromatic carbocycles. The summed E-state index contributed by atoms with van der Waals surface area (Å²) in [6.07, 6.45) is 4.72. The molecule has 2 aliphatic rings. The SMILES string of the molecule is c1ccc2c(CN3CCn4c(nnc4C4CC4)C3)c[nH]c2c1. The first-order chi connectivity index (χ1) is 10.9. The number of nitrogens with zero attached hydrogens (tertiary/aromatic N) is 4. The van der Waals surface area contributed by atoms with Crippen LogP contribution in [0.2, 0.25) is 0 Å². The van der Waals surface area contributed by atoms with Crippen LogP contribution in [0.4, 0.5) is 0 Å². The highest BCUT2D eigenvalue weighted by molar-refractivity contribution is 5.82. The number of hydrogen-bond donors (Lipinski definition) is 1. The van der Waals surface area contributed by atoms with E-state index in [2.05, 4.69) is 55.1 Å². The molecule has 5 nitrogen and oxygen atoms in total. The molecule has 1 aliphatic carbocycles. The van der Waals surface area contributed by atoms with E-state index < -0.39 is 0 Å². The van der Waals surface area contributed by atoms with Crippen LogP contribution in [0.15, 0.2) is 30.5 Å². The molecular weight excluding hydrogens is 274 g/mol. The Balaban J connectivity index is 1.38. The lowest BCUT2D eigenvalue weighted by molar-refractivity contribution is 0.208. The van der Waals surface area contributed by atoms with Crippen LogP contribution >= 0.6 is 0 Å². The van der Waals surface area contributed by atoms with E-state index in [0.29, 0.717) is 5.92 Å². The van der Waals surface area contributed by atoms with Gasteiger partial charge in [-0.3, -0.25) is 4.90 Å². The molecule has 1 saturated carbocycles. The van der Waals surface area contributed by atoms with Gasteiger partial charge in [0.1, 0.15) is 11.6 Å². The average molecular weight is 293 g/mol. The molecule has 0 amide bonds. The van der Waals surface area contributed by atoms with Crippen molar-refractivity contribution in [2.24, 2.45) is 0 Å². The maximum atomic E-state index is 4.42. The van der Waals surface area contributed by atoms with E-state index >= 15 is 0 Å². The van der Waals surface area contributed by atoms with Crippen LogP contribution in [0, 0.1) is 0 Å². The van der Waals surface area contributed by atoms with Gasteiger partial charge in [-0.25, -0.2) is 0 Å². The highest BCUT2D eigenvalue weighted by Gasteiger charge is 2.32. The predicted molar refractivity (Wildman–Crippen MR) is 84.4 cm³/mol. The molecule has 2 aromatic heterocycles. The fourth-order valence-corrected chi connectivity index (χ4v) is 3.51. The maximum Gasteiger partial charge on any atom is 0.147 e. The average Bonchev–Trinajstić information content (AvgIpc) is 3.19. The van der Waals surface area contributed by atoms with E-state index in [1.165, 1.54) is 35.1 Å². The molecule has 3 aromatic rings. The number of H-pyrrole nitrogens is 1. The van der Waals surface area contributed by atoms with Crippen LogP contribution in [0.5, 0.6) is 0 Å². The van der Waals surface area contributed by atoms with Gasteiger partial charge in [-0.2, -0.15) is 0 Å². The normalized spacial score (nSPS) is 18.7. The zero-order chi connectivity index (χ0) is 14.5. The van der Waals surface area contributed by atoms with Crippen LogP contribution in [-0.2, 0) is 19.6 Å². The number of nitrogens with one attached hydrogen (secondary N) is 1. The van der Waals surface area contributed by atoms with Gasteiger partial charge in [0.2, 0.25) is 0 Å². The van der Waals surface area contributed by atoms with Crippen LogP contribution in [0.25, 0.3) is 10.9 Å². The van der Waals surface area contributed by atoms with Crippen LogP contribution in [-0.4, -0.2) is 31.2 Å². The quantitative estimate of drug-likeness (QED) is 0.807. The minimum atomic E-state index is 0.682. The zero-order valence-electron chi connectivity index (χ0n) is 12.5. The second-order valence-electron chi connectivity index (χ2n) is 6.47. The second-order valence-corrected chi connectivity index (χ2v) is 6.47. The summed E-state index contributed by atoms with van der Waals surface area (Å²) in [5, 5.41) is 10.2. The van der Waals surface area contributed by atoms with Gasteiger partial charge in [-0.1, -0.05) is 18.2 Å². The van der Waals surface area contributed by atoms with Crippen molar-refractivity contribution >= 4 is 10.9 Å². The van der Waals surface area contributed by atoms with E-state index in [0.717, 1.165) is 32.0 Å². The third kappa shape index (κ3) is 1.96. The molecule has 0 spiro atoms. The fourth-order valence-electron chi connectivity index (χ4n) is 3.51. The molecule has 112 valence electrons. The molecule has 0 saturated heterocycles. The van der Waals surface area contributed by atoms with Gasteiger partial charge >= 0.3 is 0 Å². The van der Waals surface area contributed by atoms with Crippen molar-refractivity contribution in [1.29, 1.82) is 0 Å². The van der Waals surface area contributed by atoms with Crippen molar-refractivity contribution in [3.8, 4) is 0 Å². The topological polar surface area (TPSA) is 49.7 Å². The lowest BCUT2D eigenvalue weighted by atomic mass is 10.1. The highest BCUT2D eigenvalue weighted by atomic mass is 15.3. The smallest absolute Gasteiger partial charge is 0.147 e. The van der Waals surface area contributed by atoms with E-state index in [1.54, 1.807) is 0 Å². The zero-order valence-corrected chi connectivity index (χ0v) is 12.5. The summed E-state index contributed by atoms with van der Waals surface area (Å²) in [7, 11) is 0. The predicted octanol–water partition coefficient (Wildman–Crippen LogP) is 2.65. The van der Waals surface area contributed by atoms with Crippen molar-refractivity contribution in [1.82, 2.24) is 24.6 Å². The lowest BCUT2D eigenvalue weighted by Crippen LogP contribution is -2.33. The van der Waals surface area contributed by atoms with E-state index in [4.69, 9.17) is 0 Å². The van der Waals surface area contributed by atoms with Gasteiger partial charge < -0.3 is 9.55 Å². The molecule has 1 aliphatic heterocycles. The van der Waals surface area contributed by atoms with Crippen LogP contribution in [0.3, 0.4) is 0 Å². The Kier molecular flexibility index (Phi) is 2.64. The summed E-state index contributed by atoms with van der Waals surface area (Å²) in [4.78, 5) is 5.83. The van der Waals surface area contributed by atoms with Crippen molar-refractivity contribution in [3.05, 3.63) is 47.7 Å². The summed E-state index contributed by atoms with van der Waals surface area (Å²) in [5.74, 6) is 3.04. The summed E-state index contributed by atoms with van der Waals surface area (Å²) in [5.41, 5.74) is 2.58. The number of rotatable bonds is 3. The number of benzene rings is 1. The van der Waals surface area contributed by atoms with Gasteiger partial charge in [0, 0.05) is 42.7 Å². The maximum absolute atomic E-state index is 4.42. The first-order valence-electron chi connectivity index (χ1n) is 8.08. The first-order valence-corrected chi connectivity index (χ1v) is 8.08. The fraction of sp³-hybridized carbons (Fsp3) is 0.412. The van der Waals surface area contributed by atoms with Gasteiger partial charge in [0.25, 0.3) is 0 Å². The molecular formula is C17H19N5. The minimum Gasteiger partial charge on any atom is -0.361 e. The first kappa shape index (κ1) is 12.4. The second kappa shape index (κ2) is 4.68. The van der Waals surface area contributed by atoms with Crippen molar-refractivity contribution < 1.29 is 0 Å². The lowest BCUT2D eigenvalue weighted by Gasteiger charge is -2.27. The summed E-state index contributed by atoms with van der Waals surface area (Å²) in [6.45, 7) is 3.97. The van der Waals surface area contributed by atoms with E-state index in [9.17, 15) is 0 Å². The number of hydrogen-bond acceptors (Lipinski definition) is 3. The largest absolute Gasteiger partial charge is 0.361 e. The molecule has 0 radical (unpaired) electrons. The Hall–Kier alpha value is -2.14. The van der Waals surface area contributed by atoms with Gasteiger partial charge in [0.05, 0.1) is 6.54 Å². The Labute approximate surface area is 129 Å². The van der Waals surface area contributed by atoms with Gasteiger partial charge in [-0.15, -0.1) is 10.2 Å². The van der Waals surface area contributed by atoms with E-state index in [-0.39, 0.29) is 0 Å². The van der Waals surface area contributed by atoms with Crippen LogP contribution in [0.1, 0.15) is 36.0 Å². The monoisotopic (exact) mass is 293 g/mol. The molecule has 0 bridgehead atoms. The minimum absolute atomic E-state index is 0.682. The standard InChI is InChI=1S/C17H19N5/c1-2-4-15-14(3-1)13(9-18-15)10-21-7-8-22-16(11-21)19-20-17(22)12-5-6-12/h1-4,9,12,18H,5-8,10-11H2. The van der Waals surface area contributed by atoms with E-state index in [1.807, 2.05) is 0 Å². The number of aromatic amines is 1. The molecule has 5 rings (SSSR count). The molecule has 0 atom stereocenters. The highest BCUT2D eigenvalue weighted by Crippen LogP contribution is 2.39. The molecule has 22 heavy (non-hydrogen) atoms. The van der Waals surface area contributed by atoms with Gasteiger partial charge in [-0.05, 0) is 24.5 Å².